The Morgan fingerprint density at radius 1 is 1.53 bits per heavy atom. The number of aromatic amines is 1. The van der Waals surface area contributed by atoms with Crippen molar-refractivity contribution in [2.75, 3.05) is 13.1 Å². The van der Waals surface area contributed by atoms with Gasteiger partial charge in [-0.15, -0.1) is 0 Å². The highest BCUT2D eigenvalue weighted by molar-refractivity contribution is 9.10. The van der Waals surface area contributed by atoms with Gasteiger partial charge in [0.25, 0.3) is 5.91 Å². The molecule has 1 saturated heterocycles. The maximum absolute atomic E-state index is 12.1. The lowest BCUT2D eigenvalue weighted by Crippen LogP contribution is -2.30. The number of likely N-dealkylation sites (tertiary alicyclic amines) is 1. The molecule has 2 rings (SSSR count). The summed E-state index contributed by atoms with van der Waals surface area (Å²) in [6, 6.07) is 1.70. The summed E-state index contributed by atoms with van der Waals surface area (Å²) in [5, 5.41) is 9.00. The second-order valence-electron chi connectivity index (χ2n) is 4.36. The minimum absolute atomic E-state index is 0.00477. The van der Waals surface area contributed by atoms with Crippen LogP contribution < -0.4 is 0 Å². The van der Waals surface area contributed by atoms with Crippen LogP contribution in [0.4, 0.5) is 0 Å². The molecule has 0 bridgehead atoms. The van der Waals surface area contributed by atoms with Crippen LogP contribution in [0.3, 0.4) is 0 Å². The number of carboxylic acid groups (broad SMARTS) is 1. The summed E-state index contributed by atoms with van der Waals surface area (Å²) < 4.78 is 0.808. The molecule has 6 heteroatoms. The van der Waals surface area contributed by atoms with Gasteiger partial charge in [0.1, 0.15) is 5.69 Å². The average Bonchev–Trinajstić information content (AvgIpc) is 2.83. The van der Waals surface area contributed by atoms with Gasteiger partial charge in [0.05, 0.1) is 5.92 Å². The molecule has 1 fully saturated rings. The Morgan fingerprint density at radius 3 is 2.71 bits per heavy atom. The summed E-state index contributed by atoms with van der Waals surface area (Å²) in [7, 11) is 0. The smallest absolute Gasteiger partial charge is 0.308 e. The second-order valence-corrected chi connectivity index (χ2v) is 5.28. The summed E-state index contributed by atoms with van der Waals surface area (Å²) >= 11 is 3.26. The largest absolute Gasteiger partial charge is 0.481 e. The molecule has 0 aromatic carbocycles. The fourth-order valence-corrected chi connectivity index (χ4v) is 2.46. The van der Waals surface area contributed by atoms with Crippen molar-refractivity contribution < 1.29 is 14.7 Å². The highest BCUT2D eigenvalue weighted by Crippen LogP contribution is 2.25. The third-order valence-corrected chi connectivity index (χ3v) is 3.55. The first-order valence-corrected chi connectivity index (χ1v) is 6.14. The normalized spacial score (nSPS) is 24.0. The quantitative estimate of drug-likeness (QED) is 0.871. The summed E-state index contributed by atoms with van der Waals surface area (Å²) in [5.41, 5.74) is 0.482. The van der Waals surface area contributed by atoms with Crippen molar-refractivity contribution in [2.24, 2.45) is 11.8 Å². The molecule has 2 heterocycles. The zero-order chi connectivity index (χ0) is 12.6. The molecule has 1 aromatic rings. The number of carbonyl (C=O) groups is 2. The number of hydrogen-bond acceptors (Lipinski definition) is 2. The van der Waals surface area contributed by atoms with E-state index in [4.69, 9.17) is 5.11 Å². The van der Waals surface area contributed by atoms with Gasteiger partial charge in [0.15, 0.2) is 0 Å². The van der Waals surface area contributed by atoms with E-state index >= 15 is 0 Å². The number of H-pyrrole nitrogens is 1. The molecular formula is C11H13BrN2O3. The number of aliphatic carboxylic acids is 1. The van der Waals surface area contributed by atoms with Crippen molar-refractivity contribution in [1.82, 2.24) is 9.88 Å². The van der Waals surface area contributed by atoms with Gasteiger partial charge in [-0.05, 0) is 27.9 Å². The molecule has 1 aliphatic rings. The fourth-order valence-electron chi connectivity index (χ4n) is 2.12. The zero-order valence-electron chi connectivity index (χ0n) is 9.31. The number of carboxylic acids is 1. The Labute approximate surface area is 107 Å². The maximum atomic E-state index is 12.1. The molecular weight excluding hydrogens is 288 g/mol. The summed E-state index contributed by atoms with van der Waals surface area (Å²) in [6.45, 7) is 2.63. The third-order valence-electron chi connectivity index (χ3n) is 3.09. The molecule has 2 N–H and O–H groups in total. The molecule has 17 heavy (non-hydrogen) atoms. The molecule has 1 aromatic heterocycles. The van der Waals surface area contributed by atoms with Crippen LogP contribution in [0.1, 0.15) is 17.4 Å². The molecule has 2 unspecified atom stereocenters. The number of nitrogens with one attached hydrogen (secondary N) is 1. The van der Waals surface area contributed by atoms with Gasteiger partial charge in [-0.1, -0.05) is 6.92 Å². The van der Waals surface area contributed by atoms with Crippen molar-refractivity contribution >= 4 is 27.8 Å². The van der Waals surface area contributed by atoms with Gasteiger partial charge >= 0.3 is 5.97 Å². The number of halogens is 1. The third kappa shape index (κ3) is 2.36. The lowest BCUT2D eigenvalue weighted by Gasteiger charge is -2.14. The number of hydrogen-bond donors (Lipinski definition) is 2. The number of amides is 1. The summed E-state index contributed by atoms with van der Waals surface area (Å²) in [5.74, 6) is -1.45. The number of aromatic nitrogens is 1. The van der Waals surface area contributed by atoms with E-state index in [9.17, 15) is 9.59 Å². The van der Waals surface area contributed by atoms with E-state index in [-0.39, 0.29) is 18.4 Å². The van der Waals surface area contributed by atoms with E-state index in [0.717, 1.165) is 4.47 Å². The predicted molar refractivity (Wildman–Crippen MR) is 64.7 cm³/mol. The zero-order valence-corrected chi connectivity index (χ0v) is 10.9. The minimum Gasteiger partial charge on any atom is -0.481 e. The van der Waals surface area contributed by atoms with E-state index in [1.807, 2.05) is 6.92 Å². The Morgan fingerprint density at radius 2 is 2.24 bits per heavy atom. The Hall–Kier alpha value is -1.30. The summed E-state index contributed by atoms with van der Waals surface area (Å²) in [4.78, 5) is 27.5. The highest BCUT2D eigenvalue weighted by Gasteiger charge is 2.37. The van der Waals surface area contributed by atoms with Crippen LogP contribution in [0.5, 0.6) is 0 Å². The average molecular weight is 301 g/mol. The van der Waals surface area contributed by atoms with Crippen molar-refractivity contribution in [3.63, 3.8) is 0 Å². The fraction of sp³-hybridized carbons (Fsp3) is 0.455. The molecule has 1 aliphatic heterocycles. The molecule has 0 aliphatic carbocycles. The minimum atomic E-state index is -0.833. The molecule has 2 atom stereocenters. The van der Waals surface area contributed by atoms with Gasteiger partial charge in [0.2, 0.25) is 0 Å². The Balaban J connectivity index is 2.10. The van der Waals surface area contributed by atoms with E-state index in [1.165, 1.54) is 0 Å². The number of carbonyl (C=O) groups excluding carboxylic acids is 1. The van der Waals surface area contributed by atoms with Crippen LogP contribution in [0, 0.1) is 11.8 Å². The molecule has 0 saturated carbocycles. The highest BCUT2D eigenvalue weighted by atomic mass is 79.9. The standard InChI is InChI=1S/C11H13BrN2O3/c1-6-4-14(5-8(6)11(16)17)10(15)9-2-7(12)3-13-9/h2-3,6,8,13H,4-5H2,1H3,(H,16,17). The van der Waals surface area contributed by atoms with E-state index < -0.39 is 11.9 Å². The SMILES string of the molecule is CC1CN(C(=O)c2cc(Br)c[nH]2)CC1C(=O)O. The first-order chi connectivity index (χ1) is 7.99. The lowest BCUT2D eigenvalue weighted by atomic mass is 9.99. The topological polar surface area (TPSA) is 73.4 Å². The van der Waals surface area contributed by atoms with Crippen LogP contribution in [-0.4, -0.2) is 40.0 Å². The van der Waals surface area contributed by atoms with Crippen molar-refractivity contribution in [3.8, 4) is 0 Å². The first kappa shape index (κ1) is 12.2. The maximum Gasteiger partial charge on any atom is 0.308 e. The van der Waals surface area contributed by atoms with Crippen molar-refractivity contribution in [3.05, 3.63) is 22.4 Å². The van der Waals surface area contributed by atoms with Crippen LogP contribution in [0.15, 0.2) is 16.7 Å². The lowest BCUT2D eigenvalue weighted by molar-refractivity contribution is -0.142. The number of nitrogens with zero attached hydrogens (tertiary/aromatic N) is 1. The monoisotopic (exact) mass is 300 g/mol. The van der Waals surface area contributed by atoms with Crippen LogP contribution in [0.25, 0.3) is 0 Å². The molecule has 0 spiro atoms. The van der Waals surface area contributed by atoms with E-state index in [2.05, 4.69) is 20.9 Å². The molecule has 1 amide bonds. The van der Waals surface area contributed by atoms with Gasteiger partial charge in [-0.25, -0.2) is 0 Å². The van der Waals surface area contributed by atoms with Crippen LogP contribution in [0.2, 0.25) is 0 Å². The number of rotatable bonds is 2. The van der Waals surface area contributed by atoms with Gasteiger partial charge in [-0.3, -0.25) is 9.59 Å². The van der Waals surface area contributed by atoms with Crippen LogP contribution in [-0.2, 0) is 4.79 Å². The van der Waals surface area contributed by atoms with Crippen molar-refractivity contribution in [2.45, 2.75) is 6.92 Å². The Bertz CT molecular complexity index is 457. The van der Waals surface area contributed by atoms with Gasteiger partial charge in [0, 0.05) is 23.8 Å². The molecule has 0 radical (unpaired) electrons. The summed E-state index contributed by atoms with van der Waals surface area (Å²) in [6.07, 6.45) is 1.68. The predicted octanol–water partition coefficient (Wildman–Crippen LogP) is 1.57. The first-order valence-electron chi connectivity index (χ1n) is 5.35. The molecule has 5 nitrogen and oxygen atoms in total. The molecule has 92 valence electrons. The van der Waals surface area contributed by atoms with E-state index in [0.29, 0.717) is 12.2 Å². The van der Waals surface area contributed by atoms with E-state index in [1.54, 1.807) is 17.2 Å². The van der Waals surface area contributed by atoms with Crippen molar-refractivity contribution in [1.29, 1.82) is 0 Å². The van der Waals surface area contributed by atoms with Gasteiger partial charge < -0.3 is 15.0 Å². The second kappa shape index (κ2) is 4.52. The van der Waals surface area contributed by atoms with Crippen LogP contribution >= 0.6 is 15.9 Å². The van der Waals surface area contributed by atoms with Gasteiger partial charge in [-0.2, -0.15) is 0 Å². The Kier molecular flexibility index (Phi) is 3.24.